The molecule has 1 aliphatic heterocycles. The minimum Gasteiger partial charge on any atom is -0.381 e. The summed E-state index contributed by atoms with van der Waals surface area (Å²) in [6.45, 7) is 3.21. The van der Waals surface area contributed by atoms with E-state index >= 15 is 0 Å². The summed E-state index contributed by atoms with van der Waals surface area (Å²) < 4.78 is 29.3. The zero-order valence-electron chi connectivity index (χ0n) is 9.35. The molecular formula is C12H16O3S. The number of ether oxygens (including phenoxy) is 1. The van der Waals surface area contributed by atoms with E-state index in [1.165, 1.54) is 0 Å². The van der Waals surface area contributed by atoms with Crippen LogP contribution in [0.3, 0.4) is 0 Å². The smallest absolute Gasteiger partial charge is 0.178 e. The van der Waals surface area contributed by atoms with Crippen molar-refractivity contribution in [3.63, 3.8) is 0 Å². The number of sulfone groups is 1. The molecule has 1 fully saturated rings. The fourth-order valence-electron chi connectivity index (χ4n) is 1.87. The third kappa shape index (κ3) is 2.62. The van der Waals surface area contributed by atoms with Crippen LogP contribution in [0.1, 0.15) is 12.0 Å². The summed E-state index contributed by atoms with van der Waals surface area (Å²) in [6.07, 6.45) is 0.852. The van der Waals surface area contributed by atoms with Crippen LogP contribution >= 0.6 is 0 Å². The van der Waals surface area contributed by atoms with Crippen molar-refractivity contribution in [3.8, 4) is 0 Å². The Kier molecular flexibility index (Phi) is 3.30. The maximum Gasteiger partial charge on any atom is 0.178 e. The van der Waals surface area contributed by atoms with Crippen LogP contribution in [0.15, 0.2) is 29.2 Å². The monoisotopic (exact) mass is 240 g/mol. The van der Waals surface area contributed by atoms with Crippen LogP contribution in [0, 0.1) is 12.8 Å². The first-order valence-corrected chi connectivity index (χ1v) is 7.10. The maximum atomic E-state index is 12.0. The van der Waals surface area contributed by atoms with Crippen molar-refractivity contribution in [1.82, 2.24) is 0 Å². The standard InChI is InChI=1S/C12H16O3S/c1-10-2-4-12(5-3-10)16(13,14)9-11-6-7-15-8-11/h2-5,11H,6-9H2,1H3/t11-/m1/s1. The molecule has 0 aliphatic carbocycles. The molecule has 1 aromatic carbocycles. The second kappa shape index (κ2) is 4.55. The van der Waals surface area contributed by atoms with Crippen LogP contribution in [0.25, 0.3) is 0 Å². The van der Waals surface area contributed by atoms with Crippen LogP contribution in [0.5, 0.6) is 0 Å². The Morgan fingerprint density at radius 3 is 2.56 bits per heavy atom. The van der Waals surface area contributed by atoms with Gasteiger partial charge in [0, 0.05) is 6.61 Å². The molecule has 16 heavy (non-hydrogen) atoms. The Labute approximate surface area is 96.4 Å². The molecule has 1 saturated heterocycles. The molecule has 0 N–H and O–H groups in total. The van der Waals surface area contributed by atoms with E-state index in [1.54, 1.807) is 12.1 Å². The normalized spacial score (nSPS) is 21.2. The topological polar surface area (TPSA) is 43.4 Å². The van der Waals surface area contributed by atoms with Gasteiger partial charge >= 0.3 is 0 Å². The van der Waals surface area contributed by atoms with Gasteiger partial charge in [0.15, 0.2) is 9.84 Å². The SMILES string of the molecule is Cc1ccc(S(=O)(=O)C[C@@H]2CCOC2)cc1. The van der Waals surface area contributed by atoms with Crippen molar-refractivity contribution < 1.29 is 13.2 Å². The fourth-order valence-corrected chi connectivity index (χ4v) is 3.49. The third-order valence-electron chi connectivity index (χ3n) is 2.86. The van der Waals surface area contributed by atoms with E-state index in [-0.39, 0.29) is 11.7 Å². The van der Waals surface area contributed by atoms with Gasteiger partial charge in [-0.25, -0.2) is 8.42 Å². The summed E-state index contributed by atoms with van der Waals surface area (Å²) in [4.78, 5) is 0.421. The Balaban J connectivity index is 2.14. The van der Waals surface area contributed by atoms with Gasteiger partial charge < -0.3 is 4.74 Å². The molecule has 0 radical (unpaired) electrons. The highest BCUT2D eigenvalue weighted by atomic mass is 32.2. The maximum absolute atomic E-state index is 12.0. The molecule has 3 nitrogen and oxygen atoms in total. The lowest BCUT2D eigenvalue weighted by Crippen LogP contribution is -2.16. The number of aryl methyl sites for hydroxylation is 1. The summed E-state index contributed by atoms with van der Waals surface area (Å²) in [5.74, 6) is 0.363. The Morgan fingerprint density at radius 2 is 2.00 bits per heavy atom. The third-order valence-corrected chi connectivity index (χ3v) is 4.76. The Morgan fingerprint density at radius 1 is 1.31 bits per heavy atom. The molecule has 0 saturated carbocycles. The van der Waals surface area contributed by atoms with Crippen molar-refractivity contribution in [3.05, 3.63) is 29.8 Å². The van der Waals surface area contributed by atoms with Crippen molar-refractivity contribution in [1.29, 1.82) is 0 Å². The van der Waals surface area contributed by atoms with Gasteiger partial charge in [0.1, 0.15) is 0 Å². The van der Waals surface area contributed by atoms with Gasteiger partial charge in [-0.15, -0.1) is 0 Å². The predicted octanol–water partition coefficient (Wildman–Crippen LogP) is 1.81. The van der Waals surface area contributed by atoms with Crippen LogP contribution in [0.2, 0.25) is 0 Å². The number of hydrogen-bond acceptors (Lipinski definition) is 3. The van der Waals surface area contributed by atoms with E-state index in [4.69, 9.17) is 4.74 Å². The average molecular weight is 240 g/mol. The zero-order valence-corrected chi connectivity index (χ0v) is 10.2. The minimum absolute atomic E-state index is 0.159. The van der Waals surface area contributed by atoms with Crippen molar-refractivity contribution >= 4 is 9.84 Å². The van der Waals surface area contributed by atoms with Gasteiger partial charge in [-0.3, -0.25) is 0 Å². The second-order valence-electron chi connectivity index (χ2n) is 4.32. The lowest BCUT2D eigenvalue weighted by atomic mass is 10.2. The van der Waals surface area contributed by atoms with E-state index in [1.807, 2.05) is 19.1 Å². The molecule has 1 heterocycles. The molecule has 0 amide bonds. The number of rotatable bonds is 3. The Bertz CT molecular complexity index is 442. The zero-order chi connectivity index (χ0) is 11.6. The number of hydrogen-bond donors (Lipinski definition) is 0. The van der Waals surface area contributed by atoms with Gasteiger partial charge in [0.25, 0.3) is 0 Å². The van der Waals surface area contributed by atoms with Crippen LogP contribution in [-0.2, 0) is 14.6 Å². The molecule has 1 aromatic rings. The fraction of sp³-hybridized carbons (Fsp3) is 0.500. The lowest BCUT2D eigenvalue weighted by molar-refractivity contribution is 0.188. The molecule has 0 spiro atoms. The summed E-state index contributed by atoms with van der Waals surface area (Å²) in [5.41, 5.74) is 1.07. The van der Waals surface area contributed by atoms with Gasteiger partial charge in [-0.2, -0.15) is 0 Å². The molecule has 0 unspecified atom stereocenters. The van der Waals surface area contributed by atoms with Crippen LogP contribution in [-0.4, -0.2) is 27.4 Å². The van der Waals surface area contributed by atoms with Gasteiger partial charge in [-0.05, 0) is 31.4 Å². The molecule has 0 bridgehead atoms. The van der Waals surface area contributed by atoms with Crippen LogP contribution in [0.4, 0.5) is 0 Å². The lowest BCUT2D eigenvalue weighted by Gasteiger charge is -2.08. The van der Waals surface area contributed by atoms with Crippen molar-refractivity contribution in [2.24, 2.45) is 5.92 Å². The molecule has 88 valence electrons. The van der Waals surface area contributed by atoms with E-state index in [0.717, 1.165) is 12.0 Å². The van der Waals surface area contributed by atoms with Gasteiger partial charge in [0.05, 0.1) is 17.3 Å². The highest BCUT2D eigenvalue weighted by Gasteiger charge is 2.24. The molecular weight excluding hydrogens is 224 g/mol. The molecule has 1 atom stereocenters. The van der Waals surface area contributed by atoms with Crippen LogP contribution < -0.4 is 0 Å². The van der Waals surface area contributed by atoms with E-state index in [0.29, 0.717) is 18.1 Å². The predicted molar refractivity (Wildman–Crippen MR) is 62.2 cm³/mol. The summed E-state index contributed by atoms with van der Waals surface area (Å²) in [6, 6.07) is 7.02. The van der Waals surface area contributed by atoms with Crippen molar-refractivity contribution in [2.45, 2.75) is 18.2 Å². The van der Waals surface area contributed by atoms with E-state index < -0.39 is 9.84 Å². The number of benzene rings is 1. The average Bonchev–Trinajstić information content (AvgIpc) is 2.70. The first-order valence-electron chi connectivity index (χ1n) is 5.45. The second-order valence-corrected chi connectivity index (χ2v) is 6.36. The highest BCUT2D eigenvalue weighted by molar-refractivity contribution is 7.91. The first kappa shape index (κ1) is 11.6. The summed E-state index contributed by atoms with van der Waals surface area (Å²) >= 11 is 0. The summed E-state index contributed by atoms with van der Waals surface area (Å²) in [5, 5.41) is 0. The van der Waals surface area contributed by atoms with Gasteiger partial charge in [-0.1, -0.05) is 17.7 Å². The molecule has 1 aliphatic rings. The summed E-state index contributed by atoms with van der Waals surface area (Å²) in [7, 11) is -3.14. The van der Waals surface area contributed by atoms with E-state index in [2.05, 4.69) is 0 Å². The minimum atomic E-state index is -3.14. The van der Waals surface area contributed by atoms with Gasteiger partial charge in [0.2, 0.25) is 0 Å². The highest BCUT2D eigenvalue weighted by Crippen LogP contribution is 2.20. The molecule has 2 rings (SSSR count). The molecule has 0 aromatic heterocycles. The molecule has 4 heteroatoms. The van der Waals surface area contributed by atoms with E-state index in [9.17, 15) is 8.42 Å². The quantitative estimate of drug-likeness (QED) is 0.809. The first-order chi connectivity index (χ1) is 7.58. The van der Waals surface area contributed by atoms with Crippen molar-refractivity contribution in [2.75, 3.05) is 19.0 Å². The Hall–Kier alpha value is -0.870. The largest absolute Gasteiger partial charge is 0.381 e.